The molecule has 0 aromatic heterocycles. The lowest BCUT2D eigenvalue weighted by atomic mass is 10.2. The molecule has 0 saturated carbocycles. The quantitative estimate of drug-likeness (QED) is 0.621. The molecule has 12 heavy (non-hydrogen) atoms. The minimum absolute atomic E-state index is 0.176. The normalized spacial score (nSPS) is 27.3. The van der Waals surface area contributed by atoms with Gasteiger partial charge in [-0.15, -0.1) is 0 Å². The molecule has 0 radical (unpaired) electrons. The van der Waals surface area contributed by atoms with Gasteiger partial charge in [-0.25, -0.2) is 0 Å². The number of nitrogens with zero attached hydrogens (tertiary/aromatic N) is 2. The highest BCUT2D eigenvalue weighted by Crippen LogP contribution is 2.06. The van der Waals surface area contributed by atoms with E-state index in [-0.39, 0.29) is 6.54 Å². The lowest BCUT2D eigenvalue weighted by Gasteiger charge is -2.37. The van der Waals surface area contributed by atoms with Crippen molar-refractivity contribution >= 4 is 5.97 Å². The van der Waals surface area contributed by atoms with Crippen LogP contribution >= 0.6 is 0 Å². The van der Waals surface area contributed by atoms with E-state index >= 15 is 0 Å². The van der Waals surface area contributed by atoms with E-state index in [1.165, 1.54) is 0 Å². The Morgan fingerprint density at radius 1 is 1.58 bits per heavy atom. The number of hydrogen-bond donors (Lipinski definition) is 1. The Kier molecular flexibility index (Phi) is 3.05. The molecule has 4 nitrogen and oxygen atoms in total. The molecule has 0 spiro atoms. The fourth-order valence-corrected chi connectivity index (χ4v) is 1.59. The van der Waals surface area contributed by atoms with Gasteiger partial charge in [0.05, 0.1) is 6.54 Å². The molecular formula is C8H16N2O2. The van der Waals surface area contributed by atoms with Crippen molar-refractivity contribution < 1.29 is 9.90 Å². The van der Waals surface area contributed by atoms with E-state index in [0.717, 1.165) is 19.6 Å². The summed E-state index contributed by atoms with van der Waals surface area (Å²) in [6.45, 7) is 5.04. The highest BCUT2D eigenvalue weighted by Gasteiger charge is 2.22. The van der Waals surface area contributed by atoms with Gasteiger partial charge in [-0.3, -0.25) is 9.69 Å². The fourth-order valence-electron chi connectivity index (χ4n) is 1.59. The van der Waals surface area contributed by atoms with E-state index in [9.17, 15) is 4.79 Å². The van der Waals surface area contributed by atoms with E-state index in [4.69, 9.17) is 5.11 Å². The SMILES string of the molecule is C[C@@H]1CN(C)CCN1CC(=O)O. The third-order valence-corrected chi connectivity index (χ3v) is 2.31. The summed E-state index contributed by atoms with van der Waals surface area (Å²) in [6.07, 6.45) is 0. The summed E-state index contributed by atoms with van der Waals surface area (Å²) in [5, 5.41) is 8.59. The van der Waals surface area contributed by atoms with Crippen LogP contribution in [0, 0.1) is 0 Å². The Labute approximate surface area is 72.8 Å². The molecular weight excluding hydrogens is 156 g/mol. The average Bonchev–Trinajstić information content (AvgIpc) is 1.94. The van der Waals surface area contributed by atoms with Gasteiger partial charge in [-0.1, -0.05) is 0 Å². The molecule has 1 heterocycles. The molecule has 1 fully saturated rings. The van der Waals surface area contributed by atoms with Gasteiger partial charge >= 0.3 is 5.97 Å². The molecule has 1 rings (SSSR count). The van der Waals surface area contributed by atoms with Gasteiger partial charge in [-0.05, 0) is 14.0 Å². The van der Waals surface area contributed by atoms with E-state index < -0.39 is 5.97 Å². The summed E-state index contributed by atoms with van der Waals surface area (Å²) < 4.78 is 0. The van der Waals surface area contributed by atoms with Crippen LogP contribution in [-0.2, 0) is 4.79 Å². The van der Waals surface area contributed by atoms with E-state index in [1.54, 1.807) is 0 Å². The fraction of sp³-hybridized carbons (Fsp3) is 0.875. The molecule has 1 atom stereocenters. The van der Waals surface area contributed by atoms with Gasteiger partial charge in [0, 0.05) is 25.7 Å². The van der Waals surface area contributed by atoms with Crippen molar-refractivity contribution in [3.05, 3.63) is 0 Å². The lowest BCUT2D eigenvalue weighted by molar-refractivity contribution is -0.139. The summed E-state index contributed by atoms with van der Waals surface area (Å²) in [4.78, 5) is 14.7. The molecule has 0 unspecified atom stereocenters. The molecule has 0 amide bonds. The minimum Gasteiger partial charge on any atom is -0.480 e. The van der Waals surface area contributed by atoms with Crippen molar-refractivity contribution in [2.24, 2.45) is 0 Å². The first-order chi connectivity index (χ1) is 5.59. The maximum absolute atomic E-state index is 10.4. The number of carbonyl (C=O) groups is 1. The molecule has 0 aromatic carbocycles. The van der Waals surface area contributed by atoms with E-state index in [1.807, 2.05) is 4.90 Å². The van der Waals surface area contributed by atoms with Crippen LogP contribution in [0.1, 0.15) is 6.92 Å². The van der Waals surface area contributed by atoms with E-state index in [2.05, 4.69) is 18.9 Å². The molecule has 0 aromatic rings. The van der Waals surface area contributed by atoms with Gasteiger partial charge in [0.25, 0.3) is 0 Å². The van der Waals surface area contributed by atoms with Crippen molar-refractivity contribution in [3.8, 4) is 0 Å². The van der Waals surface area contributed by atoms with Crippen molar-refractivity contribution in [1.82, 2.24) is 9.80 Å². The topological polar surface area (TPSA) is 43.8 Å². The van der Waals surface area contributed by atoms with Crippen molar-refractivity contribution in [2.45, 2.75) is 13.0 Å². The number of carboxylic acids is 1. The van der Waals surface area contributed by atoms with Crippen LogP contribution in [-0.4, -0.2) is 60.1 Å². The Bertz CT molecular complexity index is 172. The first-order valence-corrected chi connectivity index (χ1v) is 4.24. The van der Waals surface area contributed by atoms with Gasteiger partial charge < -0.3 is 10.0 Å². The predicted molar refractivity (Wildman–Crippen MR) is 46.2 cm³/mol. The van der Waals surface area contributed by atoms with Gasteiger partial charge in [0.15, 0.2) is 0 Å². The number of carboxylic acid groups (broad SMARTS) is 1. The van der Waals surface area contributed by atoms with Crippen LogP contribution in [0.2, 0.25) is 0 Å². The number of aliphatic carboxylic acids is 1. The molecule has 70 valence electrons. The highest BCUT2D eigenvalue weighted by atomic mass is 16.4. The van der Waals surface area contributed by atoms with Crippen LogP contribution in [0.5, 0.6) is 0 Å². The van der Waals surface area contributed by atoms with Crippen molar-refractivity contribution in [1.29, 1.82) is 0 Å². The van der Waals surface area contributed by atoms with Gasteiger partial charge in [0.2, 0.25) is 0 Å². The van der Waals surface area contributed by atoms with Crippen LogP contribution in [0.15, 0.2) is 0 Å². The maximum atomic E-state index is 10.4. The Hall–Kier alpha value is -0.610. The molecule has 1 N–H and O–H groups in total. The first kappa shape index (κ1) is 9.48. The predicted octanol–water partition coefficient (Wildman–Crippen LogP) is -0.293. The van der Waals surface area contributed by atoms with Crippen LogP contribution in [0.25, 0.3) is 0 Å². The molecule has 1 aliphatic heterocycles. The number of piperazine rings is 1. The Morgan fingerprint density at radius 3 is 2.75 bits per heavy atom. The van der Waals surface area contributed by atoms with Crippen LogP contribution in [0.4, 0.5) is 0 Å². The molecule has 0 aliphatic carbocycles. The zero-order valence-corrected chi connectivity index (χ0v) is 7.66. The third kappa shape index (κ3) is 2.46. The summed E-state index contributed by atoms with van der Waals surface area (Å²) in [5.41, 5.74) is 0. The summed E-state index contributed by atoms with van der Waals surface area (Å²) in [6, 6.07) is 0.361. The number of likely N-dealkylation sites (N-methyl/N-ethyl adjacent to an activating group) is 1. The molecule has 4 heteroatoms. The zero-order chi connectivity index (χ0) is 9.14. The number of hydrogen-bond acceptors (Lipinski definition) is 3. The average molecular weight is 172 g/mol. The Balaban J connectivity index is 2.39. The second-order valence-electron chi connectivity index (χ2n) is 3.48. The van der Waals surface area contributed by atoms with Crippen molar-refractivity contribution in [2.75, 3.05) is 33.2 Å². The molecule has 1 aliphatic rings. The third-order valence-electron chi connectivity index (χ3n) is 2.31. The van der Waals surface area contributed by atoms with Crippen LogP contribution in [0.3, 0.4) is 0 Å². The largest absolute Gasteiger partial charge is 0.480 e. The van der Waals surface area contributed by atoms with Crippen molar-refractivity contribution in [3.63, 3.8) is 0 Å². The minimum atomic E-state index is -0.730. The van der Waals surface area contributed by atoms with E-state index in [0.29, 0.717) is 6.04 Å². The van der Waals surface area contributed by atoms with Gasteiger partial charge in [0.1, 0.15) is 0 Å². The second kappa shape index (κ2) is 3.87. The number of rotatable bonds is 2. The summed E-state index contributed by atoms with van der Waals surface area (Å²) in [7, 11) is 2.06. The zero-order valence-electron chi connectivity index (χ0n) is 7.66. The smallest absolute Gasteiger partial charge is 0.317 e. The monoisotopic (exact) mass is 172 g/mol. The first-order valence-electron chi connectivity index (χ1n) is 4.24. The second-order valence-corrected chi connectivity index (χ2v) is 3.48. The molecule has 0 bridgehead atoms. The summed E-state index contributed by atoms with van der Waals surface area (Å²) in [5.74, 6) is -0.730. The standard InChI is InChI=1S/C8H16N2O2/c1-7-5-9(2)3-4-10(7)6-8(11)12/h7H,3-6H2,1-2H3,(H,11,12)/t7-/m1/s1. The lowest BCUT2D eigenvalue weighted by Crippen LogP contribution is -2.51. The van der Waals surface area contributed by atoms with Crippen LogP contribution < -0.4 is 0 Å². The van der Waals surface area contributed by atoms with Gasteiger partial charge in [-0.2, -0.15) is 0 Å². The molecule has 1 saturated heterocycles. The maximum Gasteiger partial charge on any atom is 0.317 e. The highest BCUT2D eigenvalue weighted by molar-refractivity contribution is 5.69. The Morgan fingerprint density at radius 2 is 2.25 bits per heavy atom. The summed E-state index contributed by atoms with van der Waals surface area (Å²) >= 11 is 0.